The molecule has 176 valence electrons. The minimum absolute atomic E-state index is 0.0461. The van der Waals surface area contributed by atoms with Crippen LogP contribution in [-0.2, 0) is 29.5 Å². The molecule has 5 rings (SSSR count). The summed E-state index contributed by atoms with van der Waals surface area (Å²) < 4.78 is 27.1. The van der Waals surface area contributed by atoms with E-state index in [1.165, 1.54) is 21.0 Å². The lowest BCUT2D eigenvalue weighted by Gasteiger charge is -2.34. The molecule has 2 heterocycles. The second-order valence-electron chi connectivity index (χ2n) is 8.94. The molecule has 2 aliphatic rings. The maximum Gasteiger partial charge on any atom is 0.253 e. The predicted octanol–water partition coefficient (Wildman–Crippen LogP) is 3.39. The number of sulfonamides is 1. The van der Waals surface area contributed by atoms with E-state index in [9.17, 15) is 13.2 Å². The molecule has 1 amide bonds. The number of hydrogen-bond donors (Lipinski definition) is 0. The van der Waals surface area contributed by atoms with Gasteiger partial charge in [0.15, 0.2) is 0 Å². The average Bonchev–Trinajstić information content (AvgIpc) is 2.89. The van der Waals surface area contributed by atoms with Gasteiger partial charge >= 0.3 is 0 Å². The van der Waals surface area contributed by atoms with E-state index in [2.05, 4.69) is 29.2 Å². The number of benzene rings is 3. The minimum atomic E-state index is -3.52. The molecule has 0 atom stereocenters. The normalized spacial score (nSPS) is 17.4. The van der Waals surface area contributed by atoms with E-state index in [-0.39, 0.29) is 5.91 Å². The van der Waals surface area contributed by atoms with Crippen molar-refractivity contribution in [2.45, 2.75) is 24.4 Å². The van der Waals surface area contributed by atoms with Gasteiger partial charge in [-0.3, -0.25) is 9.69 Å². The number of carbonyl (C=O) groups excluding carboxylic acids is 1. The van der Waals surface area contributed by atoms with Gasteiger partial charge in [-0.2, -0.15) is 4.31 Å². The third-order valence-corrected chi connectivity index (χ3v) is 8.64. The van der Waals surface area contributed by atoms with Gasteiger partial charge in [0.2, 0.25) is 10.0 Å². The molecule has 3 aromatic rings. The van der Waals surface area contributed by atoms with Crippen LogP contribution in [0.1, 0.15) is 27.0 Å². The molecule has 7 heteroatoms. The van der Waals surface area contributed by atoms with Gasteiger partial charge in [-0.15, -0.1) is 0 Å². The highest BCUT2D eigenvalue weighted by molar-refractivity contribution is 7.89. The SMILES string of the molecule is O=C(c1ccc(CN2CCc3ccccc3C2)cc1)N1CCN(S(=O)(=O)c2ccccc2)CC1. The number of nitrogens with zero attached hydrogens (tertiary/aromatic N) is 3. The summed E-state index contributed by atoms with van der Waals surface area (Å²) in [7, 11) is -3.52. The van der Waals surface area contributed by atoms with Crippen LogP contribution in [0.2, 0.25) is 0 Å². The van der Waals surface area contributed by atoms with Gasteiger partial charge in [0.05, 0.1) is 4.90 Å². The van der Waals surface area contributed by atoms with Gasteiger partial charge in [-0.25, -0.2) is 8.42 Å². The van der Waals surface area contributed by atoms with Crippen molar-refractivity contribution in [1.29, 1.82) is 0 Å². The number of carbonyl (C=O) groups is 1. The molecule has 34 heavy (non-hydrogen) atoms. The first kappa shape index (κ1) is 22.8. The van der Waals surface area contributed by atoms with Crippen molar-refractivity contribution in [2.24, 2.45) is 0 Å². The van der Waals surface area contributed by atoms with Gasteiger partial charge in [0.25, 0.3) is 5.91 Å². The lowest BCUT2D eigenvalue weighted by molar-refractivity contribution is 0.0698. The molecule has 3 aromatic carbocycles. The fourth-order valence-electron chi connectivity index (χ4n) is 4.76. The van der Waals surface area contributed by atoms with Crippen LogP contribution in [0.5, 0.6) is 0 Å². The van der Waals surface area contributed by atoms with E-state index in [1.54, 1.807) is 35.2 Å². The topological polar surface area (TPSA) is 60.9 Å². The summed E-state index contributed by atoms with van der Waals surface area (Å²) in [5, 5.41) is 0. The van der Waals surface area contributed by atoms with Crippen molar-refractivity contribution in [1.82, 2.24) is 14.1 Å². The van der Waals surface area contributed by atoms with Gasteiger partial charge in [0, 0.05) is 51.4 Å². The second kappa shape index (κ2) is 9.70. The van der Waals surface area contributed by atoms with Gasteiger partial charge in [-0.1, -0.05) is 54.6 Å². The minimum Gasteiger partial charge on any atom is -0.336 e. The largest absolute Gasteiger partial charge is 0.336 e. The molecule has 0 bridgehead atoms. The summed E-state index contributed by atoms with van der Waals surface area (Å²) in [5.74, 6) is -0.0461. The maximum absolute atomic E-state index is 13.0. The highest BCUT2D eigenvalue weighted by atomic mass is 32.2. The molecular weight excluding hydrogens is 446 g/mol. The molecule has 0 unspecified atom stereocenters. The molecule has 1 saturated heterocycles. The number of hydrogen-bond acceptors (Lipinski definition) is 4. The number of piperazine rings is 1. The van der Waals surface area contributed by atoms with Crippen LogP contribution >= 0.6 is 0 Å². The van der Waals surface area contributed by atoms with Crippen molar-refractivity contribution in [3.63, 3.8) is 0 Å². The number of rotatable bonds is 5. The maximum atomic E-state index is 13.0. The monoisotopic (exact) mass is 475 g/mol. The van der Waals surface area contributed by atoms with Crippen molar-refractivity contribution >= 4 is 15.9 Å². The zero-order valence-corrected chi connectivity index (χ0v) is 20.0. The van der Waals surface area contributed by atoms with E-state index < -0.39 is 10.0 Å². The number of amides is 1. The molecule has 0 N–H and O–H groups in total. The first-order chi connectivity index (χ1) is 16.5. The lowest BCUT2D eigenvalue weighted by Crippen LogP contribution is -2.50. The smallest absolute Gasteiger partial charge is 0.253 e. The van der Waals surface area contributed by atoms with Crippen LogP contribution in [0.15, 0.2) is 83.8 Å². The fourth-order valence-corrected chi connectivity index (χ4v) is 6.20. The van der Waals surface area contributed by atoms with Gasteiger partial charge in [0.1, 0.15) is 0 Å². The predicted molar refractivity (Wildman–Crippen MR) is 132 cm³/mol. The van der Waals surface area contributed by atoms with Crippen LogP contribution < -0.4 is 0 Å². The Bertz CT molecular complexity index is 1250. The molecule has 6 nitrogen and oxygen atoms in total. The van der Waals surface area contributed by atoms with E-state index in [1.807, 2.05) is 24.3 Å². The Labute approximate surface area is 201 Å². The fraction of sp³-hybridized carbons (Fsp3) is 0.296. The molecule has 0 spiro atoms. The first-order valence-corrected chi connectivity index (χ1v) is 13.2. The zero-order valence-electron chi connectivity index (χ0n) is 19.1. The average molecular weight is 476 g/mol. The summed E-state index contributed by atoms with van der Waals surface area (Å²) in [6, 6.07) is 24.9. The quantitative estimate of drug-likeness (QED) is 0.568. The molecule has 0 saturated carbocycles. The zero-order chi connectivity index (χ0) is 23.5. The van der Waals surface area contributed by atoms with Gasteiger partial charge in [-0.05, 0) is 47.4 Å². The van der Waals surface area contributed by atoms with Crippen LogP contribution in [0.3, 0.4) is 0 Å². The summed E-state index contributed by atoms with van der Waals surface area (Å²) in [5.41, 5.74) is 4.67. The highest BCUT2D eigenvalue weighted by Crippen LogP contribution is 2.21. The van der Waals surface area contributed by atoms with Crippen LogP contribution in [0, 0.1) is 0 Å². The molecule has 0 radical (unpaired) electrons. The van der Waals surface area contributed by atoms with Crippen molar-refractivity contribution in [2.75, 3.05) is 32.7 Å². The Balaban J connectivity index is 1.17. The van der Waals surface area contributed by atoms with Crippen LogP contribution in [-0.4, -0.2) is 61.2 Å². The molecule has 1 fully saturated rings. The van der Waals surface area contributed by atoms with Crippen LogP contribution in [0.25, 0.3) is 0 Å². The third kappa shape index (κ3) is 4.78. The first-order valence-electron chi connectivity index (χ1n) is 11.7. The standard InChI is InChI=1S/C27H29N3O3S/c31-27(29-16-18-30(19-17-29)34(32,33)26-8-2-1-3-9-26)24-12-10-22(11-13-24)20-28-15-14-23-6-4-5-7-25(23)21-28/h1-13H,14-21H2. The molecule has 0 aromatic heterocycles. The summed E-state index contributed by atoms with van der Waals surface area (Å²) in [4.78, 5) is 17.5. The Hall–Kier alpha value is -3.00. The van der Waals surface area contributed by atoms with E-state index >= 15 is 0 Å². The summed E-state index contributed by atoms with van der Waals surface area (Å²) in [6.45, 7) is 4.23. The van der Waals surface area contributed by atoms with Crippen molar-refractivity contribution < 1.29 is 13.2 Å². The second-order valence-corrected chi connectivity index (χ2v) is 10.9. The number of fused-ring (bicyclic) bond motifs is 1. The third-order valence-electron chi connectivity index (χ3n) is 6.72. The Morgan fingerprint density at radius 1 is 0.735 bits per heavy atom. The van der Waals surface area contributed by atoms with Gasteiger partial charge < -0.3 is 4.90 Å². The summed E-state index contributed by atoms with van der Waals surface area (Å²) >= 11 is 0. The molecule has 2 aliphatic heterocycles. The van der Waals surface area contributed by atoms with Crippen LogP contribution in [0.4, 0.5) is 0 Å². The summed E-state index contributed by atoms with van der Waals surface area (Å²) in [6.07, 6.45) is 1.07. The van der Waals surface area contributed by atoms with Crippen molar-refractivity contribution in [3.8, 4) is 0 Å². The molecular formula is C27H29N3O3S. The Morgan fingerprint density at radius 2 is 1.38 bits per heavy atom. The van der Waals surface area contributed by atoms with Crippen molar-refractivity contribution in [3.05, 3.63) is 101 Å². The lowest BCUT2D eigenvalue weighted by atomic mass is 9.99. The highest BCUT2D eigenvalue weighted by Gasteiger charge is 2.30. The Kier molecular flexibility index (Phi) is 6.50. The van der Waals surface area contributed by atoms with E-state index in [4.69, 9.17) is 0 Å². The molecule has 0 aliphatic carbocycles. The van der Waals surface area contributed by atoms with E-state index in [0.717, 1.165) is 26.1 Å². The van der Waals surface area contributed by atoms with E-state index in [0.29, 0.717) is 36.6 Å². The Morgan fingerprint density at radius 3 is 2.09 bits per heavy atom.